The lowest BCUT2D eigenvalue weighted by Crippen LogP contribution is -1.97. The van der Waals surface area contributed by atoms with Crippen molar-refractivity contribution in [2.24, 2.45) is 0 Å². The Morgan fingerprint density at radius 1 is 0.733 bits per heavy atom. The number of rotatable bonds is 12. The summed E-state index contributed by atoms with van der Waals surface area (Å²) in [5, 5.41) is 8.57. The number of hydrogen-bond acceptors (Lipinski definition) is 2. The standard InChI is InChI=1S/C13H28O2/c1-2-3-4-5-6-9-12-15-13-10-7-8-11-14/h14H,2-13H2,1H3. The first-order valence-electron chi connectivity index (χ1n) is 6.60. The van der Waals surface area contributed by atoms with Gasteiger partial charge in [0.2, 0.25) is 0 Å². The minimum atomic E-state index is 0.317. The summed E-state index contributed by atoms with van der Waals surface area (Å²) >= 11 is 0. The highest BCUT2D eigenvalue weighted by Gasteiger charge is 1.91. The van der Waals surface area contributed by atoms with E-state index >= 15 is 0 Å². The van der Waals surface area contributed by atoms with Gasteiger partial charge in [-0.1, -0.05) is 39.0 Å². The highest BCUT2D eigenvalue weighted by atomic mass is 16.5. The first kappa shape index (κ1) is 14.9. The maximum absolute atomic E-state index is 8.57. The third-order valence-corrected chi connectivity index (χ3v) is 2.59. The van der Waals surface area contributed by atoms with Crippen LogP contribution >= 0.6 is 0 Å². The van der Waals surface area contributed by atoms with Crippen LogP contribution in [0, 0.1) is 0 Å². The van der Waals surface area contributed by atoms with Gasteiger partial charge in [0.1, 0.15) is 0 Å². The molecular weight excluding hydrogens is 188 g/mol. The van der Waals surface area contributed by atoms with Crippen molar-refractivity contribution in [2.75, 3.05) is 19.8 Å². The van der Waals surface area contributed by atoms with Crippen molar-refractivity contribution in [2.45, 2.75) is 64.7 Å². The molecule has 0 saturated heterocycles. The molecule has 0 atom stereocenters. The van der Waals surface area contributed by atoms with Crippen LogP contribution in [-0.4, -0.2) is 24.9 Å². The second kappa shape index (κ2) is 13.9. The SMILES string of the molecule is CCCCCCCCOCCCCCO. The van der Waals surface area contributed by atoms with Crippen molar-refractivity contribution in [3.63, 3.8) is 0 Å². The van der Waals surface area contributed by atoms with Gasteiger partial charge < -0.3 is 9.84 Å². The zero-order valence-electron chi connectivity index (χ0n) is 10.3. The summed E-state index contributed by atoms with van der Waals surface area (Å²) in [4.78, 5) is 0. The summed E-state index contributed by atoms with van der Waals surface area (Å²) in [5.74, 6) is 0. The van der Waals surface area contributed by atoms with Gasteiger partial charge in [0.25, 0.3) is 0 Å². The van der Waals surface area contributed by atoms with Crippen LogP contribution in [0.15, 0.2) is 0 Å². The summed E-state index contributed by atoms with van der Waals surface area (Å²) < 4.78 is 5.51. The molecule has 0 bridgehead atoms. The molecule has 0 saturated carbocycles. The second-order valence-corrected chi connectivity index (χ2v) is 4.16. The maximum Gasteiger partial charge on any atom is 0.0466 e. The molecule has 92 valence electrons. The lowest BCUT2D eigenvalue weighted by Gasteiger charge is -2.03. The Morgan fingerprint density at radius 2 is 1.27 bits per heavy atom. The van der Waals surface area contributed by atoms with E-state index in [0.717, 1.165) is 32.5 Å². The van der Waals surface area contributed by atoms with Crippen LogP contribution in [-0.2, 0) is 4.74 Å². The molecule has 0 aliphatic rings. The Labute approximate surface area is 95.0 Å². The van der Waals surface area contributed by atoms with Crippen molar-refractivity contribution in [3.8, 4) is 0 Å². The van der Waals surface area contributed by atoms with Crippen molar-refractivity contribution in [1.82, 2.24) is 0 Å². The van der Waals surface area contributed by atoms with E-state index in [1.165, 1.54) is 38.5 Å². The number of aliphatic hydroxyl groups excluding tert-OH is 1. The quantitative estimate of drug-likeness (QED) is 0.506. The third kappa shape index (κ3) is 13.9. The Bertz CT molecular complexity index is 92.7. The van der Waals surface area contributed by atoms with E-state index in [4.69, 9.17) is 9.84 Å². The molecule has 0 heterocycles. The number of unbranched alkanes of at least 4 members (excludes halogenated alkanes) is 7. The van der Waals surface area contributed by atoms with Crippen LogP contribution < -0.4 is 0 Å². The highest BCUT2D eigenvalue weighted by molar-refractivity contribution is 4.44. The zero-order valence-corrected chi connectivity index (χ0v) is 10.3. The lowest BCUT2D eigenvalue weighted by atomic mass is 10.1. The lowest BCUT2D eigenvalue weighted by molar-refractivity contribution is 0.124. The average Bonchev–Trinajstić information content (AvgIpc) is 2.26. The van der Waals surface area contributed by atoms with E-state index in [1.54, 1.807) is 0 Å². The maximum atomic E-state index is 8.57. The number of hydrogen-bond donors (Lipinski definition) is 1. The van der Waals surface area contributed by atoms with Gasteiger partial charge in [-0.3, -0.25) is 0 Å². The van der Waals surface area contributed by atoms with E-state index in [9.17, 15) is 0 Å². The first-order valence-corrected chi connectivity index (χ1v) is 6.60. The third-order valence-electron chi connectivity index (χ3n) is 2.59. The molecule has 0 radical (unpaired) electrons. The van der Waals surface area contributed by atoms with E-state index in [-0.39, 0.29) is 0 Å². The fourth-order valence-electron chi connectivity index (χ4n) is 1.58. The van der Waals surface area contributed by atoms with E-state index in [0.29, 0.717) is 6.61 Å². The van der Waals surface area contributed by atoms with Crippen molar-refractivity contribution in [1.29, 1.82) is 0 Å². The van der Waals surface area contributed by atoms with Gasteiger partial charge in [-0.25, -0.2) is 0 Å². The predicted molar refractivity (Wildman–Crippen MR) is 65.1 cm³/mol. The molecule has 2 heteroatoms. The minimum Gasteiger partial charge on any atom is -0.396 e. The minimum absolute atomic E-state index is 0.317. The molecule has 0 aromatic carbocycles. The van der Waals surface area contributed by atoms with Crippen LogP contribution in [0.4, 0.5) is 0 Å². The fraction of sp³-hybridized carbons (Fsp3) is 1.00. The first-order chi connectivity index (χ1) is 7.41. The molecule has 0 aliphatic heterocycles. The molecule has 15 heavy (non-hydrogen) atoms. The van der Waals surface area contributed by atoms with Crippen molar-refractivity contribution >= 4 is 0 Å². The normalized spacial score (nSPS) is 10.8. The van der Waals surface area contributed by atoms with Crippen LogP contribution in [0.2, 0.25) is 0 Å². The molecule has 1 N–H and O–H groups in total. The molecule has 0 rings (SSSR count). The Kier molecular flexibility index (Phi) is 13.8. The van der Waals surface area contributed by atoms with Crippen LogP contribution in [0.25, 0.3) is 0 Å². The van der Waals surface area contributed by atoms with Crippen molar-refractivity contribution < 1.29 is 9.84 Å². The van der Waals surface area contributed by atoms with Gasteiger partial charge in [0, 0.05) is 19.8 Å². The summed E-state index contributed by atoms with van der Waals surface area (Å²) in [7, 11) is 0. The van der Waals surface area contributed by atoms with Gasteiger partial charge in [0.15, 0.2) is 0 Å². The van der Waals surface area contributed by atoms with Gasteiger partial charge in [-0.2, -0.15) is 0 Å². The average molecular weight is 216 g/mol. The molecule has 0 aliphatic carbocycles. The van der Waals surface area contributed by atoms with Gasteiger partial charge in [-0.15, -0.1) is 0 Å². The summed E-state index contributed by atoms with van der Waals surface area (Å²) in [6, 6.07) is 0. The van der Waals surface area contributed by atoms with Gasteiger partial charge in [-0.05, 0) is 25.7 Å². The predicted octanol–water partition coefficient (Wildman–Crippen LogP) is 3.53. The Morgan fingerprint density at radius 3 is 1.87 bits per heavy atom. The fourth-order valence-corrected chi connectivity index (χ4v) is 1.58. The second-order valence-electron chi connectivity index (χ2n) is 4.16. The molecule has 0 amide bonds. The van der Waals surface area contributed by atoms with Crippen LogP contribution in [0.1, 0.15) is 64.7 Å². The molecule has 0 aromatic heterocycles. The summed E-state index contributed by atoms with van der Waals surface area (Å²) in [5.41, 5.74) is 0. The number of ether oxygens (including phenoxy) is 1. The largest absolute Gasteiger partial charge is 0.396 e. The van der Waals surface area contributed by atoms with Crippen molar-refractivity contribution in [3.05, 3.63) is 0 Å². The van der Waals surface area contributed by atoms with Crippen LogP contribution in [0.3, 0.4) is 0 Å². The molecular formula is C13H28O2. The number of aliphatic hydroxyl groups is 1. The molecule has 0 spiro atoms. The zero-order chi connectivity index (χ0) is 11.2. The molecule has 0 aromatic rings. The molecule has 0 unspecified atom stereocenters. The summed E-state index contributed by atoms with van der Waals surface area (Å²) in [6.45, 7) is 4.35. The van der Waals surface area contributed by atoms with Gasteiger partial charge in [0.05, 0.1) is 0 Å². The van der Waals surface area contributed by atoms with Gasteiger partial charge >= 0.3 is 0 Å². The van der Waals surface area contributed by atoms with E-state index in [2.05, 4.69) is 6.92 Å². The van der Waals surface area contributed by atoms with E-state index in [1.807, 2.05) is 0 Å². The molecule has 2 nitrogen and oxygen atoms in total. The molecule has 0 fully saturated rings. The topological polar surface area (TPSA) is 29.5 Å². The smallest absolute Gasteiger partial charge is 0.0466 e. The monoisotopic (exact) mass is 216 g/mol. The highest BCUT2D eigenvalue weighted by Crippen LogP contribution is 2.05. The Balaban J connectivity index is 2.81. The summed E-state index contributed by atoms with van der Waals surface area (Å²) in [6.07, 6.45) is 11.1. The van der Waals surface area contributed by atoms with Crippen LogP contribution in [0.5, 0.6) is 0 Å². The Hall–Kier alpha value is -0.0800. The van der Waals surface area contributed by atoms with E-state index < -0.39 is 0 Å².